The van der Waals surface area contributed by atoms with E-state index in [0.29, 0.717) is 44.5 Å². The molecule has 0 saturated carbocycles. The number of carbonyl (C=O) groups excluding carboxylic acids is 1. The monoisotopic (exact) mass is 624 g/mol. The van der Waals surface area contributed by atoms with E-state index >= 15 is 0 Å². The Morgan fingerprint density at radius 2 is 1.71 bits per heavy atom. The van der Waals surface area contributed by atoms with Gasteiger partial charge in [-0.2, -0.15) is 9.78 Å². The number of nitrogens with one attached hydrogen (secondary N) is 1. The molecule has 0 bridgehead atoms. The number of benzene rings is 4. The first-order chi connectivity index (χ1) is 21.7. The number of nitrogens with zero attached hydrogens (tertiary/aromatic N) is 3. The number of carbonyl (C=O) groups is 1. The summed E-state index contributed by atoms with van der Waals surface area (Å²) in [6.07, 6.45) is 1.56. The molecule has 0 atom stereocenters. The Bertz CT molecular complexity index is 1950. The molecule has 5 rings (SSSR count). The van der Waals surface area contributed by atoms with Gasteiger partial charge in [0.05, 0.1) is 31.3 Å². The molecule has 0 aliphatic rings. The van der Waals surface area contributed by atoms with Crippen molar-refractivity contribution >= 4 is 40.3 Å². The van der Waals surface area contributed by atoms with E-state index in [0.717, 1.165) is 22.4 Å². The van der Waals surface area contributed by atoms with E-state index in [1.165, 1.54) is 11.8 Å². The topological polar surface area (TPSA) is 104 Å². The number of rotatable bonds is 10. The van der Waals surface area contributed by atoms with Crippen LogP contribution in [0.1, 0.15) is 36.5 Å². The number of amides is 1. The Labute approximate surface area is 266 Å². The molecule has 0 aliphatic carbocycles. The molecule has 10 heteroatoms. The number of hydrogen-bond acceptors (Lipinski definition) is 7. The largest absolute Gasteiger partial charge is 0.496 e. The van der Waals surface area contributed by atoms with Gasteiger partial charge >= 0.3 is 0 Å². The summed E-state index contributed by atoms with van der Waals surface area (Å²) < 4.78 is 18.2. The molecular formula is C35H33ClN4O5. The summed E-state index contributed by atoms with van der Waals surface area (Å²) in [5.74, 6) is 1.81. The maximum Gasteiger partial charge on any atom is 0.282 e. The van der Waals surface area contributed by atoms with Crippen LogP contribution in [0, 0.1) is 6.92 Å². The van der Waals surface area contributed by atoms with E-state index in [1.54, 1.807) is 67.9 Å². The van der Waals surface area contributed by atoms with Crippen LogP contribution in [0.15, 0.2) is 88.8 Å². The van der Waals surface area contributed by atoms with Gasteiger partial charge in [-0.3, -0.25) is 9.59 Å². The molecule has 0 spiro atoms. The molecule has 4 aromatic carbocycles. The van der Waals surface area contributed by atoms with Crippen molar-refractivity contribution in [3.8, 4) is 28.6 Å². The van der Waals surface area contributed by atoms with Gasteiger partial charge in [0.2, 0.25) is 0 Å². The highest BCUT2D eigenvalue weighted by Gasteiger charge is 2.18. The van der Waals surface area contributed by atoms with Crippen molar-refractivity contribution in [3.05, 3.63) is 111 Å². The second-order valence-electron chi connectivity index (χ2n) is 10.6. The summed E-state index contributed by atoms with van der Waals surface area (Å²) >= 11 is 5.91. The zero-order valence-corrected chi connectivity index (χ0v) is 26.4. The van der Waals surface area contributed by atoms with Crippen LogP contribution in [0.4, 0.5) is 5.69 Å². The SMILES string of the molecule is COc1cc(C=Nn2c(-c3cc(C(C)C)c(OC)cc3C)nc3ccccc3c2=O)ccc1OCC(=O)Nc1ccc(Cl)cc1. The lowest BCUT2D eigenvalue weighted by molar-refractivity contribution is -0.118. The number of aromatic nitrogens is 2. The van der Waals surface area contributed by atoms with Gasteiger partial charge in [-0.15, -0.1) is 0 Å². The summed E-state index contributed by atoms with van der Waals surface area (Å²) in [7, 11) is 3.15. The second kappa shape index (κ2) is 13.7. The molecule has 230 valence electrons. The smallest absolute Gasteiger partial charge is 0.282 e. The van der Waals surface area contributed by atoms with Crippen molar-refractivity contribution in [3.63, 3.8) is 0 Å². The van der Waals surface area contributed by atoms with Gasteiger partial charge in [0.1, 0.15) is 5.75 Å². The van der Waals surface area contributed by atoms with Gasteiger partial charge < -0.3 is 19.5 Å². The molecule has 1 aromatic heterocycles. The van der Waals surface area contributed by atoms with Crippen molar-refractivity contribution in [2.45, 2.75) is 26.7 Å². The van der Waals surface area contributed by atoms with E-state index in [2.05, 4.69) is 24.3 Å². The Balaban J connectivity index is 1.47. The van der Waals surface area contributed by atoms with E-state index in [9.17, 15) is 9.59 Å². The highest BCUT2D eigenvalue weighted by atomic mass is 35.5. The maximum absolute atomic E-state index is 13.8. The molecule has 0 saturated heterocycles. The predicted octanol–water partition coefficient (Wildman–Crippen LogP) is 7.07. The van der Waals surface area contributed by atoms with Crippen LogP contribution in [-0.4, -0.2) is 42.6 Å². The first-order valence-corrected chi connectivity index (χ1v) is 14.7. The molecule has 1 N–H and O–H groups in total. The summed E-state index contributed by atoms with van der Waals surface area (Å²) in [4.78, 5) is 31.1. The Morgan fingerprint density at radius 1 is 0.978 bits per heavy atom. The van der Waals surface area contributed by atoms with Crippen LogP contribution < -0.4 is 25.1 Å². The number of ether oxygens (including phenoxy) is 3. The third kappa shape index (κ3) is 6.99. The predicted molar refractivity (Wildman–Crippen MR) is 178 cm³/mol. The van der Waals surface area contributed by atoms with Crippen LogP contribution in [0.3, 0.4) is 0 Å². The minimum absolute atomic E-state index is 0.181. The fourth-order valence-corrected chi connectivity index (χ4v) is 4.98. The number of methoxy groups -OCH3 is 2. The molecule has 45 heavy (non-hydrogen) atoms. The highest BCUT2D eigenvalue weighted by molar-refractivity contribution is 6.30. The average Bonchev–Trinajstić information content (AvgIpc) is 3.04. The molecule has 0 radical (unpaired) electrons. The number of anilines is 1. The van der Waals surface area contributed by atoms with Crippen LogP contribution in [-0.2, 0) is 4.79 Å². The lowest BCUT2D eigenvalue weighted by Crippen LogP contribution is -2.21. The maximum atomic E-state index is 13.8. The third-order valence-electron chi connectivity index (χ3n) is 7.19. The summed E-state index contributed by atoms with van der Waals surface area (Å²) in [5.41, 5.74) is 4.20. The Morgan fingerprint density at radius 3 is 2.42 bits per heavy atom. The van der Waals surface area contributed by atoms with Crippen molar-refractivity contribution < 1.29 is 19.0 Å². The summed E-state index contributed by atoms with van der Waals surface area (Å²) in [6.45, 7) is 5.90. The lowest BCUT2D eigenvalue weighted by atomic mass is 9.96. The first-order valence-electron chi connectivity index (χ1n) is 14.3. The lowest BCUT2D eigenvalue weighted by Gasteiger charge is -2.17. The zero-order valence-electron chi connectivity index (χ0n) is 25.6. The van der Waals surface area contributed by atoms with Crippen LogP contribution >= 0.6 is 11.6 Å². The quantitative estimate of drug-likeness (QED) is 0.167. The molecule has 0 unspecified atom stereocenters. The zero-order chi connectivity index (χ0) is 32.1. The Hall–Kier alpha value is -5.15. The minimum atomic E-state index is -0.338. The molecule has 1 heterocycles. The number of halogens is 1. The number of aryl methyl sites for hydroxylation is 1. The molecule has 1 amide bonds. The van der Waals surface area contributed by atoms with Gasteiger partial charge in [-0.25, -0.2) is 4.98 Å². The third-order valence-corrected chi connectivity index (χ3v) is 7.44. The molecule has 5 aromatic rings. The number of fused-ring (bicyclic) bond motifs is 1. The second-order valence-corrected chi connectivity index (χ2v) is 11.1. The van der Waals surface area contributed by atoms with Crippen LogP contribution in [0.2, 0.25) is 5.02 Å². The van der Waals surface area contributed by atoms with Crippen molar-refractivity contribution in [2.75, 3.05) is 26.1 Å². The fourth-order valence-electron chi connectivity index (χ4n) is 4.85. The van der Waals surface area contributed by atoms with Crippen molar-refractivity contribution in [1.82, 2.24) is 9.66 Å². The molecular weight excluding hydrogens is 592 g/mol. The van der Waals surface area contributed by atoms with Crippen molar-refractivity contribution in [2.24, 2.45) is 5.10 Å². The van der Waals surface area contributed by atoms with Gasteiger partial charge in [-0.05, 0) is 96.3 Å². The van der Waals surface area contributed by atoms with Crippen LogP contribution in [0.5, 0.6) is 17.2 Å². The minimum Gasteiger partial charge on any atom is -0.496 e. The Kier molecular flexibility index (Phi) is 9.49. The van der Waals surface area contributed by atoms with E-state index in [4.69, 9.17) is 30.8 Å². The van der Waals surface area contributed by atoms with E-state index in [-0.39, 0.29) is 24.0 Å². The van der Waals surface area contributed by atoms with E-state index < -0.39 is 0 Å². The van der Waals surface area contributed by atoms with Gasteiger partial charge in [0, 0.05) is 16.3 Å². The first kappa shape index (κ1) is 31.3. The van der Waals surface area contributed by atoms with Gasteiger partial charge in [0.25, 0.3) is 11.5 Å². The molecule has 0 fully saturated rings. The molecule has 0 aliphatic heterocycles. The van der Waals surface area contributed by atoms with Crippen LogP contribution in [0.25, 0.3) is 22.3 Å². The standard InChI is InChI=1S/C35H33ClN4O5/c1-21(2)27-18-28(22(3)16-31(27)43-4)34-39-29-9-7-6-8-26(29)35(42)40(34)37-19-23-10-15-30(32(17-23)44-5)45-20-33(41)38-25-13-11-24(36)12-14-25/h6-19,21H,20H2,1-5H3,(H,38,41). The highest BCUT2D eigenvalue weighted by Crippen LogP contribution is 2.34. The number of para-hydroxylation sites is 1. The molecule has 9 nitrogen and oxygen atoms in total. The average molecular weight is 625 g/mol. The number of hydrogen-bond donors (Lipinski definition) is 1. The van der Waals surface area contributed by atoms with Crippen molar-refractivity contribution in [1.29, 1.82) is 0 Å². The summed E-state index contributed by atoms with van der Waals surface area (Å²) in [5, 5.41) is 8.39. The normalized spacial score (nSPS) is 11.3. The van der Waals surface area contributed by atoms with Gasteiger partial charge in [-0.1, -0.05) is 37.6 Å². The fraction of sp³-hybridized carbons (Fsp3) is 0.200. The van der Waals surface area contributed by atoms with Gasteiger partial charge in [0.15, 0.2) is 23.9 Å². The van der Waals surface area contributed by atoms with E-state index in [1.807, 2.05) is 31.2 Å². The summed E-state index contributed by atoms with van der Waals surface area (Å²) in [6, 6.07) is 23.1.